The zero-order valence-corrected chi connectivity index (χ0v) is 17.0. The van der Waals surface area contributed by atoms with Crippen LogP contribution in [0.5, 0.6) is 0 Å². The Morgan fingerprint density at radius 3 is 2.13 bits per heavy atom. The van der Waals surface area contributed by atoms with E-state index in [0.29, 0.717) is 0 Å². The molecule has 0 saturated carbocycles. The van der Waals surface area contributed by atoms with Gasteiger partial charge in [-0.1, -0.05) is 84.4 Å². The van der Waals surface area contributed by atoms with Gasteiger partial charge in [-0.25, -0.2) is 0 Å². The van der Waals surface area contributed by atoms with E-state index < -0.39 is 5.41 Å². The first-order valence-corrected chi connectivity index (χ1v) is 10.5. The minimum absolute atomic E-state index is 0.512. The molecular weight excluding hydrogens is 386 g/mol. The Morgan fingerprint density at radius 2 is 1.37 bits per heavy atom. The lowest BCUT2D eigenvalue weighted by molar-refractivity contribution is 0.735. The third kappa shape index (κ3) is 2.27. The second kappa shape index (κ2) is 6.55. The Balaban J connectivity index is 1.85. The Labute approximate surface area is 180 Å². The molecule has 0 radical (unpaired) electrons. The smallest absolute Gasteiger partial charge is 0.0886 e. The summed E-state index contributed by atoms with van der Waals surface area (Å²) in [5.41, 5.74) is 6.40. The van der Waals surface area contributed by atoms with Crippen LogP contribution in [0.15, 0.2) is 109 Å². The molecule has 0 amide bonds. The highest BCUT2D eigenvalue weighted by Gasteiger charge is 2.47. The fourth-order valence-corrected chi connectivity index (χ4v) is 5.30. The number of hydrogen-bond acceptors (Lipinski definition) is 1. The molecule has 0 bridgehead atoms. The standard InChI is InChI=1S/C28H18ClN/c29-25-14-8-13-23-27(25)22-17-19-9-4-5-10-20(19)18-24(22)28(23,21-11-2-1-3-12-21)26-15-6-7-16-30-26/h1-18H. The van der Waals surface area contributed by atoms with Crippen molar-refractivity contribution < 1.29 is 0 Å². The minimum Gasteiger partial charge on any atom is -0.260 e. The summed E-state index contributed by atoms with van der Waals surface area (Å²) in [5, 5.41) is 3.21. The van der Waals surface area contributed by atoms with Gasteiger partial charge in [0, 0.05) is 16.8 Å². The summed E-state index contributed by atoms with van der Waals surface area (Å²) in [5.74, 6) is 0. The lowest BCUT2D eigenvalue weighted by atomic mass is 9.69. The zero-order chi connectivity index (χ0) is 20.1. The van der Waals surface area contributed by atoms with Gasteiger partial charge in [0.15, 0.2) is 0 Å². The van der Waals surface area contributed by atoms with Crippen LogP contribution in [-0.2, 0) is 5.41 Å². The minimum atomic E-state index is -0.512. The molecule has 0 saturated heterocycles. The van der Waals surface area contributed by atoms with E-state index in [2.05, 4.69) is 84.9 Å². The lowest BCUT2D eigenvalue weighted by Crippen LogP contribution is -2.29. The fourth-order valence-electron chi connectivity index (χ4n) is 5.02. The predicted octanol–water partition coefficient (Wildman–Crippen LogP) is 7.25. The number of hydrogen-bond donors (Lipinski definition) is 0. The summed E-state index contributed by atoms with van der Waals surface area (Å²) in [6.07, 6.45) is 1.88. The van der Waals surface area contributed by atoms with Gasteiger partial charge in [-0.05, 0) is 63.4 Å². The zero-order valence-electron chi connectivity index (χ0n) is 16.2. The van der Waals surface area contributed by atoms with Gasteiger partial charge in [-0.3, -0.25) is 4.98 Å². The molecule has 0 N–H and O–H groups in total. The monoisotopic (exact) mass is 403 g/mol. The Bertz CT molecular complexity index is 1350. The van der Waals surface area contributed by atoms with E-state index in [0.717, 1.165) is 16.3 Å². The Hall–Kier alpha value is -3.42. The summed E-state index contributed by atoms with van der Waals surface area (Å²) in [6.45, 7) is 0. The normalized spacial score (nSPS) is 17.0. The van der Waals surface area contributed by atoms with E-state index in [9.17, 15) is 0 Å². The predicted molar refractivity (Wildman–Crippen MR) is 124 cm³/mol. The molecule has 6 rings (SSSR count). The van der Waals surface area contributed by atoms with Crippen molar-refractivity contribution in [2.24, 2.45) is 0 Å². The number of benzene rings is 4. The van der Waals surface area contributed by atoms with Crippen molar-refractivity contribution in [1.29, 1.82) is 0 Å². The molecule has 1 aliphatic rings. The van der Waals surface area contributed by atoms with Crippen LogP contribution in [0.3, 0.4) is 0 Å². The molecule has 30 heavy (non-hydrogen) atoms. The molecule has 5 aromatic rings. The van der Waals surface area contributed by atoms with E-state index in [1.807, 2.05) is 24.4 Å². The molecule has 1 unspecified atom stereocenters. The number of nitrogens with zero attached hydrogens (tertiary/aromatic N) is 1. The molecule has 0 fully saturated rings. The molecule has 1 nitrogen and oxygen atoms in total. The van der Waals surface area contributed by atoms with E-state index in [4.69, 9.17) is 16.6 Å². The fraction of sp³-hybridized carbons (Fsp3) is 0.0357. The molecule has 0 aliphatic heterocycles. The maximum Gasteiger partial charge on any atom is 0.0886 e. The number of rotatable bonds is 2. The molecule has 2 heteroatoms. The molecule has 1 aromatic heterocycles. The molecular formula is C28H18ClN. The van der Waals surface area contributed by atoms with Crippen LogP contribution < -0.4 is 0 Å². The second-order valence-corrected chi connectivity index (χ2v) is 8.15. The number of aromatic nitrogens is 1. The molecule has 4 aromatic carbocycles. The van der Waals surface area contributed by atoms with Crippen molar-refractivity contribution in [1.82, 2.24) is 4.98 Å². The van der Waals surface area contributed by atoms with Gasteiger partial charge in [-0.2, -0.15) is 0 Å². The highest BCUT2D eigenvalue weighted by atomic mass is 35.5. The van der Waals surface area contributed by atoms with Crippen LogP contribution in [0, 0.1) is 0 Å². The molecule has 1 atom stereocenters. The van der Waals surface area contributed by atoms with E-state index in [-0.39, 0.29) is 0 Å². The maximum atomic E-state index is 6.83. The Kier molecular flexibility index (Phi) is 3.81. The number of fused-ring (bicyclic) bond motifs is 4. The van der Waals surface area contributed by atoms with Crippen LogP contribution in [0.25, 0.3) is 21.9 Å². The highest BCUT2D eigenvalue weighted by Crippen LogP contribution is 2.57. The summed E-state index contributed by atoms with van der Waals surface area (Å²) in [7, 11) is 0. The first-order valence-electron chi connectivity index (χ1n) is 10.1. The van der Waals surface area contributed by atoms with Crippen molar-refractivity contribution in [2.45, 2.75) is 5.41 Å². The van der Waals surface area contributed by atoms with Crippen LogP contribution in [0.2, 0.25) is 5.02 Å². The van der Waals surface area contributed by atoms with Gasteiger partial charge in [0.2, 0.25) is 0 Å². The van der Waals surface area contributed by atoms with Gasteiger partial charge in [0.25, 0.3) is 0 Å². The summed E-state index contributed by atoms with van der Waals surface area (Å²) < 4.78 is 0. The summed E-state index contributed by atoms with van der Waals surface area (Å²) >= 11 is 6.83. The topological polar surface area (TPSA) is 12.9 Å². The quantitative estimate of drug-likeness (QED) is 0.296. The molecule has 0 spiro atoms. The van der Waals surface area contributed by atoms with E-state index >= 15 is 0 Å². The molecule has 1 heterocycles. The summed E-state index contributed by atoms with van der Waals surface area (Å²) in [6, 6.07) is 36.2. The average Bonchev–Trinajstić information content (AvgIpc) is 3.10. The van der Waals surface area contributed by atoms with Crippen molar-refractivity contribution in [3.8, 4) is 11.1 Å². The first-order chi connectivity index (χ1) is 14.8. The van der Waals surface area contributed by atoms with E-state index in [1.165, 1.54) is 33.0 Å². The van der Waals surface area contributed by atoms with Crippen LogP contribution in [0.1, 0.15) is 22.4 Å². The van der Waals surface area contributed by atoms with Crippen LogP contribution in [-0.4, -0.2) is 4.98 Å². The van der Waals surface area contributed by atoms with E-state index in [1.54, 1.807) is 0 Å². The maximum absolute atomic E-state index is 6.83. The number of halogens is 1. The number of pyridine rings is 1. The highest BCUT2D eigenvalue weighted by molar-refractivity contribution is 6.34. The van der Waals surface area contributed by atoms with Gasteiger partial charge < -0.3 is 0 Å². The van der Waals surface area contributed by atoms with Crippen molar-refractivity contribution in [3.63, 3.8) is 0 Å². The van der Waals surface area contributed by atoms with Crippen LogP contribution in [0.4, 0.5) is 0 Å². The van der Waals surface area contributed by atoms with Crippen molar-refractivity contribution >= 4 is 22.4 Å². The van der Waals surface area contributed by atoms with Crippen molar-refractivity contribution in [2.75, 3.05) is 0 Å². The third-order valence-electron chi connectivity index (χ3n) is 6.23. The van der Waals surface area contributed by atoms with Gasteiger partial charge in [-0.15, -0.1) is 0 Å². The SMILES string of the molecule is Clc1cccc2c1-c1cc3ccccc3cc1C2(c1ccccc1)c1ccccn1. The van der Waals surface area contributed by atoms with Gasteiger partial charge in [0.05, 0.1) is 11.1 Å². The van der Waals surface area contributed by atoms with Crippen molar-refractivity contribution in [3.05, 3.63) is 137 Å². The summed E-state index contributed by atoms with van der Waals surface area (Å²) in [4.78, 5) is 4.87. The second-order valence-electron chi connectivity index (χ2n) is 7.74. The molecule has 1 aliphatic carbocycles. The third-order valence-corrected chi connectivity index (χ3v) is 6.55. The average molecular weight is 404 g/mol. The largest absolute Gasteiger partial charge is 0.260 e. The lowest BCUT2D eigenvalue weighted by Gasteiger charge is -2.32. The van der Waals surface area contributed by atoms with Crippen LogP contribution >= 0.6 is 11.6 Å². The Morgan fingerprint density at radius 1 is 0.633 bits per heavy atom. The van der Waals surface area contributed by atoms with Gasteiger partial charge in [0.1, 0.15) is 0 Å². The van der Waals surface area contributed by atoms with Gasteiger partial charge >= 0.3 is 0 Å². The first kappa shape index (κ1) is 17.4. The molecule has 142 valence electrons.